The van der Waals surface area contributed by atoms with Crippen molar-refractivity contribution in [3.8, 4) is 0 Å². The maximum atomic E-state index is 5.84. The molecule has 90 valence electrons. The van der Waals surface area contributed by atoms with Crippen LogP contribution < -0.4 is 0 Å². The summed E-state index contributed by atoms with van der Waals surface area (Å²) in [7, 11) is 0. The number of ether oxygens (including phenoxy) is 1. The fraction of sp³-hybridized carbons (Fsp3) is 1.00. The first-order chi connectivity index (χ1) is 7.17. The Labute approximate surface area is 98.9 Å². The van der Waals surface area contributed by atoms with Crippen molar-refractivity contribution < 1.29 is 4.74 Å². The molecule has 0 bridgehead atoms. The first-order valence-corrected chi connectivity index (χ1v) is 6.62. The highest BCUT2D eigenvalue weighted by Crippen LogP contribution is 2.16. The van der Waals surface area contributed by atoms with Crippen LogP contribution in [0.4, 0.5) is 0 Å². The molecule has 2 nitrogen and oxygen atoms in total. The van der Waals surface area contributed by atoms with E-state index in [1.807, 2.05) is 0 Å². The SMILES string of the molecule is CCCC(C)CN1CC(CCl)OCC1C. The summed E-state index contributed by atoms with van der Waals surface area (Å²) in [5.74, 6) is 1.40. The van der Waals surface area contributed by atoms with Crippen molar-refractivity contribution in [3.05, 3.63) is 0 Å². The third-order valence-corrected chi connectivity index (χ3v) is 3.48. The van der Waals surface area contributed by atoms with Gasteiger partial charge >= 0.3 is 0 Å². The van der Waals surface area contributed by atoms with Crippen LogP contribution in [-0.2, 0) is 4.74 Å². The van der Waals surface area contributed by atoms with E-state index in [1.54, 1.807) is 0 Å². The van der Waals surface area contributed by atoms with Crippen LogP contribution in [0.2, 0.25) is 0 Å². The number of hydrogen-bond donors (Lipinski definition) is 0. The molecular formula is C12H24ClNO. The van der Waals surface area contributed by atoms with Crippen LogP contribution in [0.25, 0.3) is 0 Å². The molecule has 3 heteroatoms. The largest absolute Gasteiger partial charge is 0.374 e. The molecule has 1 heterocycles. The van der Waals surface area contributed by atoms with Crippen LogP contribution in [0.15, 0.2) is 0 Å². The second-order valence-corrected chi connectivity index (χ2v) is 5.12. The van der Waals surface area contributed by atoms with Crippen molar-refractivity contribution in [2.45, 2.75) is 45.8 Å². The molecule has 1 saturated heterocycles. The van der Waals surface area contributed by atoms with Crippen molar-refractivity contribution in [1.82, 2.24) is 4.90 Å². The van der Waals surface area contributed by atoms with Gasteiger partial charge in [0.05, 0.1) is 12.7 Å². The second kappa shape index (κ2) is 6.72. The van der Waals surface area contributed by atoms with Gasteiger partial charge in [-0.25, -0.2) is 0 Å². The minimum atomic E-state index is 0.233. The summed E-state index contributed by atoms with van der Waals surface area (Å²) in [4.78, 5) is 2.52. The summed E-state index contributed by atoms with van der Waals surface area (Å²) < 4.78 is 5.64. The van der Waals surface area contributed by atoms with Gasteiger partial charge in [0.1, 0.15) is 0 Å². The summed E-state index contributed by atoms with van der Waals surface area (Å²) in [5, 5.41) is 0. The standard InChI is InChI=1S/C12H24ClNO/c1-4-5-10(2)7-14-8-12(6-13)15-9-11(14)3/h10-12H,4-9H2,1-3H3. The smallest absolute Gasteiger partial charge is 0.0837 e. The monoisotopic (exact) mass is 233 g/mol. The highest BCUT2D eigenvalue weighted by Gasteiger charge is 2.26. The van der Waals surface area contributed by atoms with Crippen LogP contribution in [-0.4, -0.2) is 42.6 Å². The molecule has 1 aliphatic heterocycles. The molecule has 0 aromatic carbocycles. The Morgan fingerprint density at radius 3 is 2.87 bits per heavy atom. The van der Waals surface area contributed by atoms with Crippen LogP contribution >= 0.6 is 11.6 Å². The topological polar surface area (TPSA) is 12.5 Å². The Morgan fingerprint density at radius 1 is 1.53 bits per heavy atom. The van der Waals surface area contributed by atoms with Gasteiger partial charge in [-0.1, -0.05) is 20.3 Å². The summed E-state index contributed by atoms with van der Waals surface area (Å²) in [6.45, 7) is 9.84. The van der Waals surface area contributed by atoms with Gasteiger partial charge in [0.15, 0.2) is 0 Å². The van der Waals surface area contributed by atoms with Crippen molar-refractivity contribution in [2.24, 2.45) is 5.92 Å². The molecular weight excluding hydrogens is 210 g/mol. The summed E-state index contributed by atoms with van der Waals surface area (Å²) in [5.41, 5.74) is 0. The first kappa shape index (κ1) is 13.3. The van der Waals surface area contributed by atoms with Crippen LogP contribution in [0.1, 0.15) is 33.6 Å². The van der Waals surface area contributed by atoms with E-state index in [0.29, 0.717) is 11.9 Å². The predicted molar refractivity (Wildman–Crippen MR) is 65.6 cm³/mol. The predicted octanol–water partition coefficient (Wildman–Crippen LogP) is 2.75. The molecule has 15 heavy (non-hydrogen) atoms. The summed E-state index contributed by atoms with van der Waals surface area (Å²) in [6.07, 6.45) is 2.82. The lowest BCUT2D eigenvalue weighted by atomic mass is 10.0. The van der Waals surface area contributed by atoms with Crippen LogP contribution in [0, 0.1) is 5.92 Å². The second-order valence-electron chi connectivity index (χ2n) is 4.81. The highest BCUT2D eigenvalue weighted by molar-refractivity contribution is 6.18. The minimum Gasteiger partial charge on any atom is -0.374 e. The molecule has 1 aliphatic rings. The van der Waals surface area contributed by atoms with Gasteiger partial charge in [-0.05, 0) is 19.3 Å². The number of nitrogens with zero attached hydrogens (tertiary/aromatic N) is 1. The molecule has 0 aromatic heterocycles. The highest BCUT2D eigenvalue weighted by atomic mass is 35.5. The van der Waals surface area contributed by atoms with Gasteiger partial charge < -0.3 is 4.74 Å². The van der Waals surface area contributed by atoms with Gasteiger partial charge in [-0.15, -0.1) is 11.6 Å². The third-order valence-electron chi connectivity index (χ3n) is 3.13. The van der Waals surface area contributed by atoms with Crippen LogP contribution in [0.5, 0.6) is 0 Å². The molecule has 3 atom stereocenters. The zero-order valence-electron chi connectivity index (χ0n) is 10.2. The van der Waals surface area contributed by atoms with Gasteiger partial charge in [0, 0.05) is 25.0 Å². The lowest BCUT2D eigenvalue weighted by Gasteiger charge is -2.38. The zero-order valence-corrected chi connectivity index (χ0v) is 11.0. The molecule has 0 saturated carbocycles. The summed E-state index contributed by atoms with van der Waals surface area (Å²) in [6, 6.07) is 0.545. The van der Waals surface area contributed by atoms with Gasteiger partial charge in [-0.3, -0.25) is 4.90 Å². The minimum absolute atomic E-state index is 0.233. The van der Waals surface area contributed by atoms with Gasteiger partial charge in [-0.2, -0.15) is 0 Å². The van der Waals surface area contributed by atoms with Crippen LogP contribution in [0.3, 0.4) is 0 Å². The molecule has 3 unspecified atom stereocenters. The maximum absolute atomic E-state index is 5.84. The van der Waals surface area contributed by atoms with Gasteiger partial charge in [0.2, 0.25) is 0 Å². The molecule has 0 aliphatic carbocycles. The van der Waals surface area contributed by atoms with Crippen molar-refractivity contribution in [3.63, 3.8) is 0 Å². The molecule has 0 spiro atoms. The van der Waals surface area contributed by atoms with Crippen molar-refractivity contribution in [2.75, 3.05) is 25.6 Å². The van der Waals surface area contributed by atoms with Crippen molar-refractivity contribution >= 4 is 11.6 Å². The first-order valence-electron chi connectivity index (χ1n) is 6.09. The molecule has 0 N–H and O–H groups in total. The molecule has 0 radical (unpaired) electrons. The van der Waals surface area contributed by atoms with E-state index in [-0.39, 0.29) is 6.10 Å². The van der Waals surface area contributed by atoms with E-state index in [2.05, 4.69) is 25.7 Å². The Bertz CT molecular complexity index is 177. The van der Waals surface area contributed by atoms with E-state index in [9.17, 15) is 0 Å². The fourth-order valence-electron chi connectivity index (χ4n) is 2.21. The fourth-order valence-corrected chi connectivity index (χ4v) is 2.39. The number of morpholine rings is 1. The van der Waals surface area contributed by atoms with E-state index < -0.39 is 0 Å². The molecule has 0 amide bonds. The number of halogens is 1. The molecule has 0 aromatic rings. The average molecular weight is 234 g/mol. The van der Waals surface area contributed by atoms with E-state index >= 15 is 0 Å². The Kier molecular flexibility index (Phi) is 5.95. The molecule has 1 fully saturated rings. The van der Waals surface area contributed by atoms with E-state index in [1.165, 1.54) is 19.4 Å². The quantitative estimate of drug-likeness (QED) is 0.678. The zero-order chi connectivity index (χ0) is 11.3. The van der Waals surface area contributed by atoms with E-state index in [0.717, 1.165) is 19.1 Å². The van der Waals surface area contributed by atoms with Crippen molar-refractivity contribution in [1.29, 1.82) is 0 Å². The summed E-state index contributed by atoms with van der Waals surface area (Å²) >= 11 is 5.84. The van der Waals surface area contributed by atoms with Gasteiger partial charge in [0.25, 0.3) is 0 Å². The Balaban J connectivity index is 2.36. The lowest BCUT2D eigenvalue weighted by Crippen LogP contribution is -2.50. The number of rotatable bonds is 5. The molecule has 1 rings (SSSR count). The van der Waals surface area contributed by atoms with E-state index in [4.69, 9.17) is 16.3 Å². The lowest BCUT2D eigenvalue weighted by molar-refractivity contribution is -0.0522. The maximum Gasteiger partial charge on any atom is 0.0837 e. The normalized spacial score (nSPS) is 30.4. The average Bonchev–Trinajstić information content (AvgIpc) is 2.21. The Hall–Kier alpha value is 0.210. The Morgan fingerprint density at radius 2 is 2.27 bits per heavy atom. The number of hydrogen-bond acceptors (Lipinski definition) is 2. The number of alkyl halides is 1. The third kappa shape index (κ3) is 4.29.